The number of nitrogen functional groups attached to an aromatic ring is 1. The van der Waals surface area contributed by atoms with Gasteiger partial charge in [-0.2, -0.15) is 0 Å². The number of nitrogens with zero attached hydrogens (tertiary/aromatic N) is 2. The van der Waals surface area contributed by atoms with Crippen LogP contribution in [-0.4, -0.2) is 20.9 Å². The van der Waals surface area contributed by atoms with Gasteiger partial charge in [-0.05, 0) is 56.5 Å². The Labute approximate surface area is 156 Å². The lowest BCUT2D eigenvalue weighted by atomic mass is 9.97. The van der Waals surface area contributed by atoms with Crippen molar-refractivity contribution in [3.8, 4) is 5.88 Å². The van der Waals surface area contributed by atoms with Crippen molar-refractivity contribution < 1.29 is 5.11 Å². The first-order chi connectivity index (χ1) is 12.6. The summed E-state index contributed by atoms with van der Waals surface area (Å²) in [5, 5.41) is 10.6. The minimum Gasteiger partial charge on any atom is -0.494 e. The van der Waals surface area contributed by atoms with E-state index in [-0.39, 0.29) is 16.2 Å². The number of H-pyrrole nitrogens is 1. The smallest absolute Gasteiger partial charge is 0.264 e. The van der Waals surface area contributed by atoms with Crippen LogP contribution in [0.2, 0.25) is 0 Å². The van der Waals surface area contributed by atoms with Crippen molar-refractivity contribution in [1.29, 1.82) is 0 Å². The lowest BCUT2D eigenvalue weighted by molar-refractivity contribution is 0.402. The summed E-state index contributed by atoms with van der Waals surface area (Å²) in [5.74, 6) is -0.173. The first-order valence-corrected chi connectivity index (χ1v) is 9.09. The van der Waals surface area contributed by atoms with Crippen LogP contribution in [0, 0.1) is 4.77 Å². The molecule has 0 bridgehead atoms. The van der Waals surface area contributed by atoms with Gasteiger partial charge in [-0.3, -0.25) is 19.3 Å². The molecule has 1 heterocycles. The molecule has 0 atom stereocenters. The molecular weight excluding hydrogens is 348 g/mol. The van der Waals surface area contributed by atoms with E-state index in [1.54, 1.807) is 28.8 Å². The van der Waals surface area contributed by atoms with Gasteiger partial charge in [-0.15, -0.1) is 0 Å². The monoisotopic (exact) mass is 370 g/mol. The van der Waals surface area contributed by atoms with Crippen LogP contribution in [0.25, 0.3) is 0 Å². The summed E-state index contributed by atoms with van der Waals surface area (Å²) in [7, 11) is 0. The normalized spacial score (nSPS) is 14.5. The maximum atomic E-state index is 12.2. The molecule has 0 unspecified atom stereocenters. The Morgan fingerprint density at radius 3 is 2.88 bits per heavy atom. The van der Waals surface area contributed by atoms with Gasteiger partial charge in [0, 0.05) is 12.8 Å². The number of allylic oxidation sites excluding steroid dienone is 2. The molecule has 1 aromatic heterocycles. The molecule has 26 heavy (non-hydrogen) atoms. The van der Waals surface area contributed by atoms with E-state index in [1.807, 2.05) is 0 Å². The van der Waals surface area contributed by atoms with E-state index in [0.717, 1.165) is 19.3 Å². The lowest BCUT2D eigenvalue weighted by Crippen LogP contribution is -2.19. The number of aliphatic imine (C=N–C) groups is 1. The number of rotatable bonds is 5. The zero-order valence-corrected chi connectivity index (χ0v) is 15.3. The molecule has 1 aliphatic rings. The highest BCUT2D eigenvalue weighted by Crippen LogP contribution is 2.23. The summed E-state index contributed by atoms with van der Waals surface area (Å²) in [4.78, 5) is 19.0. The van der Waals surface area contributed by atoms with Crippen LogP contribution in [-0.2, 0) is 6.54 Å². The third-order valence-electron chi connectivity index (χ3n) is 4.52. The molecule has 2 aromatic rings. The molecule has 7 heteroatoms. The van der Waals surface area contributed by atoms with Crippen LogP contribution in [0.15, 0.2) is 45.7 Å². The largest absolute Gasteiger partial charge is 0.494 e. The number of aromatic amines is 1. The first kappa shape index (κ1) is 18.1. The number of anilines is 1. The maximum absolute atomic E-state index is 12.2. The third kappa shape index (κ3) is 4.11. The topological polar surface area (TPSA) is 96.4 Å². The number of nitrogens with one attached hydrogen (secondary N) is 1. The Morgan fingerprint density at radius 2 is 2.15 bits per heavy atom. The lowest BCUT2D eigenvalue weighted by Gasteiger charge is -2.15. The zero-order valence-electron chi connectivity index (χ0n) is 14.4. The van der Waals surface area contributed by atoms with E-state index in [0.29, 0.717) is 17.9 Å². The van der Waals surface area contributed by atoms with E-state index in [9.17, 15) is 9.90 Å². The Balaban J connectivity index is 1.89. The highest BCUT2D eigenvalue weighted by molar-refractivity contribution is 7.71. The van der Waals surface area contributed by atoms with Crippen molar-refractivity contribution in [2.45, 2.75) is 38.6 Å². The standard InChI is InChI=1S/C19H22N4O2S/c20-15-8-4-5-9-16(15)21-12-14-17(24)22-19(26)23(18(14)25)11-10-13-6-2-1-3-7-13/h4-6,8-9,12,25H,1-3,7,10-11,20H2,(H,22,24,26). The van der Waals surface area contributed by atoms with Gasteiger partial charge < -0.3 is 10.8 Å². The third-order valence-corrected chi connectivity index (χ3v) is 4.84. The predicted octanol–water partition coefficient (Wildman–Crippen LogP) is 3.83. The average molecular weight is 370 g/mol. The van der Waals surface area contributed by atoms with Crippen LogP contribution in [0.3, 0.4) is 0 Å². The van der Waals surface area contributed by atoms with Crippen molar-refractivity contribution in [2.24, 2.45) is 4.99 Å². The molecule has 4 N–H and O–H groups in total. The van der Waals surface area contributed by atoms with Gasteiger partial charge >= 0.3 is 0 Å². The van der Waals surface area contributed by atoms with Gasteiger partial charge in [0.25, 0.3) is 5.56 Å². The highest BCUT2D eigenvalue weighted by atomic mass is 32.1. The van der Waals surface area contributed by atoms with Gasteiger partial charge in [0.15, 0.2) is 4.77 Å². The maximum Gasteiger partial charge on any atom is 0.264 e. The average Bonchev–Trinajstić information content (AvgIpc) is 2.63. The quantitative estimate of drug-likeness (QED) is 0.322. The summed E-state index contributed by atoms with van der Waals surface area (Å²) in [6.45, 7) is 0.515. The van der Waals surface area contributed by atoms with Crippen LogP contribution in [0.5, 0.6) is 5.88 Å². The molecular formula is C19H22N4O2S. The summed E-state index contributed by atoms with van der Waals surface area (Å²) >= 11 is 5.22. The van der Waals surface area contributed by atoms with Crippen molar-refractivity contribution in [1.82, 2.24) is 9.55 Å². The Morgan fingerprint density at radius 1 is 1.35 bits per heavy atom. The molecule has 6 nitrogen and oxygen atoms in total. The van der Waals surface area contributed by atoms with Gasteiger partial charge in [0.1, 0.15) is 5.56 Å². The van der Waals surface area contributed by atoms with Gasteiger partial charge in [0.2, 0.25) is 5.88 Å². The molecule has 0 saturated carbocycles. The van der Waals surface area contributed by atoms with Crippen LogP contribution < -0.4 is 11.3 Å². The molecule has 0 amide bonds. The molecule has 136 valence electrons. The number of hydrogen-bond donors (Lipinski definition) is 3. The van der Waals surface area contributed by atoms with E-state index >= 15 is 0 Å². The summed E-state index contributed by atoms with van der Waals surface area (Å²) in [6.07, 6.45) is 9.01. The predicted molar refractivity (Wildman–Crippen MR) is 107 cm³/mol. The SMILES string of the molecule is Nc1ccccc1N=Cc1c(O)n(CCC2=CCCCC2)c(=S)[nH]c1=O. The second kappa shape index (κ2) is 8.14. The number of hydrogen-bond acceptors (Lipinski definition) is 5. The number of para-hydroxylation sites is 2. The van der Waals surface area contributed by atoms with E-state index < -0.39 is 5.56 Å². The molecule has 0 spiro atoms. The molecule has 0 saturated heterocycles. The van der Waals surface area contributed by atoms with Gasteiger partial charge in [-0.1, -0.05) is 23.8 Å². The molecule has 0 fully saturated rings. The second-order valence-electron chi connectivity index (χ2n) is 6.32. The van der Waals surface area contributed by atoms with Crippen molar-refractivity contribution >= 4 is 29.8 Å². The van der Waals surface area contributed by atoms with Crippen molar-refractivity contribution in [3.05, 3.63) is 56.6 Å². The van der Waals surface area contributed by atoms with Crippen molar-refractivity contribution in [2.75, 3.05) is 5.73 Å². The van der Waals surface area contributed by atoms with Crippen molar-refractivity contribution in [3.63, 3.8) is 0 Å². The minimum absolute atomic E-state index is 0.0690. The minimum atomic E-state index is -0.473. The second-order valence-corrected chi connectivity index (χ2v) is 6.71. The molecule has 1 aliphatic carbocycles. The van der Waals surface area contributed by atoms with Gasteiger partial charge in [-0.25, -0.2) is 0 Å². The Bertz CT molecular complexity index is 972. The summed E-state index contributed by atoms with van der Waals surface area (Å²) in [5.41, 5.74) is 7.85. The fraction of sp³-hybridized carbons (Fsp3) is 0.316. The van der Waals surface area contributed by atoms with E-state index in [2.05, 4.69) is 16.1 Å². The van der Waals surface area contributed by atoms with Crippen LogP contribution in [0.1, 0.15) is 37.7 Å². The number of nitrogens with two attached hydrogens (primary N) is 1. The number of aromatic hydroxyl groups is 1. The van der Waals surface area contributed by atoms with E-state index in [1.165, 1.54) is 24.6 Å². The molecule has 0 radical (unpaired) electrons. The van der Waals surface area contributed by atoms with Gasteiger partial charge in [0.05, 0.1) is 11.4 Å². The zero-order chi connectivity index (χ0) is 18.5. The highest BCUT2D eigenvalue weighted by Gasteiger charge is 2.12. The van der Waals surface area contributed by atoms with Crippen LogP contribution >= 0.6 is 12.2 Å². The molecule has 3 rings (SSSR count). The molecule has 0 aliphatic heterocycles. The summed E-state index contributed by atoms with van der Waals surface area (Å²) in [6, 6.07) is 7.07. The number of aromatic nitrogens is 2. The fourth-order valence-electron chi connectivity index (χ4n) is 3.03. The summed E-state index contributed by atoms with van der Waals surface area (Å²) < 4.78 is 1.75. The van der Waals surface area contributed by atoms with Crippen LogP contribution in [0.4, 0.5) is 11.4 Å². The number of benzene rings is 1. The Kier molecular flexibility index (Phi) is 5.68. The first-order valence-electron chi connectivity index (χ1n) is 8.69. The fourth-order valence-corrected chi connectivity index (χ4v) is 3.30. The van der Waals surface area contributed by atoms with E-state index in [4.69, 9.17) is 18.0 Å². The molecule has 1 aromatic carbocycles. The Hall–Kier alpha value is -2.67.